The van der Waals surface area contributed by atoms with Crippen LogP contribution in [0.15, 0.2) is 84.9 Å². The van der Waals surface area contributed by atoms with Crippen LogP contribution in [0.2, 0.25) is 0 Å². The summed E-state index contributed by atoms with van der Waals surface area (Å²) in [4.78, 5) is 43.3. The molecule has 0 unspecified atom stereocenters. The molecule has 61 heavy (non-hydrogen) atoms. The Morgan fingerprint density at radius 3 is 1.54 bits per heavy atom. The van der Waals surface area contributed by atoms with E-state index in [0.717, 1.165) is 24.7 Å². The number of nitro groups is 1. The van der Waals surface area contributed by atoms with Crippen LogP contribution in [0, 0.1) is 24.0 Å². The van der Waals surface area contributed by atoms with Gasteiger partial charge < -0.3 is 35.5 Å². The molecule has 0 aliphatic carbocycles. The molecule has 4 aromatic carbocycles. The number of esters is 3. The molecule has 0 spiro atoms. The maximum Gasteiger partial charge on any atom is 0.338 e. The van der Waals surface area contributed by atoms with Crippen LogP contribution in [0.4, 0.5) is 17.1 Å². The zero-order valence-electron chi connectivity index (χ0n) is 40.4. The number of hydrogen-bond acceptors (Lipinski definition) is 12. The van der Waals surface area contributed by atoms with Gasteiger partial charge >= 0.3 is 17.9 Å². The van der Waals surface area contributed by atoms with Crippen LogP contribution in [-0.2, 0) is 32.0 Å². The predicted octanol–water partition coefficient (Wildman–Crippen LogP) is 11.6. The van der Waals surface area contributed by atoms with E-state index in [2.05, 4.69) is 9.47 Å². The minimum absolute atomic E-state index is 0.115. The lowest BCUT2D eigenvalue weighted by Crippen LogP contribution is -2.17. The number of anilines is 2. The second-order valence-electron chi connectivity index (χ2n) is 10.0. The summed E-state index contributed by atoms with van der Waals surface area (Å²) in [6.07, 6.45) is 0.793. The Hall–Kier alpha value is -5.79. The highest BCUT2D eigenvalue weighted by Crippen LogP contribution is 2.20. The number of nitro benzene ring substituents is 1. The normalized spacial score (nSPS) is 9.13. The molecular weight excluding hydrogens is 779 g/mol. The summed E-state index contributed by atoms with van der Waals surface area (Å²) in [5.41, 5.74) is 17.2. The number of cyclic esters (lactones) is 1. The first-order chi connectivity index (χ1) is 29.4. The zero-order valence-corrected chi connectivity index (χ0v) is 40.4. The van der Waals surface area contributed by atoms with Crippen molar-refractivity contribution in [3.05, 3.63) is 134 Å². The molecule has 0 saturated carbocycles. The van der Waals surface area contributed by atoms with Gasteiger partial charge in [-0.2, -0.15) is 0 Å². The maximum atomic E-state index is 11.2. The van der Waals surface area contributed by atoms with Crippen LogP contribution in [0.5, 0.6) is 0 Å². The van der Waals surface area contributed by atoms with Gasteiger partial charge in [0.05, 0.1) is 49.0 Å². The first-order valence-electron chi connectivity index (χ1n) is 20.7. The number of hydrogen-bond donors (Lipinski definition) is 3. The van der Waals surface area contributed by atoms with Crippen molar-refractivity contribution in [3.8, 4) is 0 Å². The topological polar surface area (TPSA) is 204 Å². The summed E-state index contributed by atoms with van der Waals surface area (Å²) >= 11 is 0. The van der Waals surface area contributed by atoms with Gasteiger partial charge in [0.1, 0.15) is 0 Å². The molecule has 0 fully saturated rings. The standard InChI is InChI=1S/C9H9NO4.C9H9NO2.C9H11NO2.C8H10O.6C2H6.CH4O/c1-6-3-4-7(10(12)13)5-8(6)9(11)14-2;10-7-2-1-6-3-4-12-9(11)8(6)5-7;1-6-3-4-7(10)5-8(6)9(11)12-2;1-9-7-8-5-3-2-4-6-8;7*1-2/h3-5H,1-2H3;1-2,5H,3-4,10H2;3-5H,10H2,1-2H3;2-6H,7H2,1H3;6*1-2H3;2H,1H3. The van der Waals surface area contributed by atoms with Crippen LogP contribution in [0.1, 0.15) is 136 Å². The monoisotopic (exact) mass is 858 g/mol. The van der Waals surface area contributed by atoms with Gasteiger partial charge in [-0.25, -0.2) is 14.4 Å². The van der Waals surface area contributed by atoms with E-state index in [1.165, 1.54) is 38.0 Å². The van der Waals surface area contributed by atoms with Crippen LogP contribution < -0.4 is 11.5 Å². The number of aryl methyl sites for hydroxylation is 2. The molecule has 1 aliphatic rings. The molecular formula is C48H79N3O10. The number of carbonyl (C=O) groups excluding carboxylic acids is 3. The molecule has 0 atom stereocenters. The van der Waals surface area contributed by atoms with Crippen LogP contribution in [0.25, 0.3) is 0 Å². The smallest absolute Gasteiger partial charge is 0.338 e. The summed E-state index contributed by atoms with van der Waals surface area (Å²) in [6, 6.07) is 24.7. The van der Waals surface area contributed by atoms with E-state index < -0.39 is 10.9 Å². The molecule has 0 bridgehead atoms. The number of nitrogens with two attached hydrogens (primary N) is 2. The average molecular weight is 858 g/mol. The number of nitrogens with zero attached hydrogens (tertiary/aromatic N) is 1. The highest BCUT2D eigenvalue weighted by molar-refractivity contribution is 5.93. The number of aliphatic hydroxyl groups is 1. The van der Waals surface area contributed by atoms with E-state index in [0.29, 0.717) is 41.3 Å². The fraction of sp³-hybridized carbons (Fsp3) is 0.438. The molecule has 13 nitrogen and oxygen atoms in total. The molecule has 0 radical (unpaired) electrons. The molecule has 346 valence electrons. The lowest BCUT2D eigenvalue weighted by molar-refractivity contribution is -0.384. The molecule has 0 saturated heterocycles. The summed E-state index contributed by atoms with van der Waals surface area (Å²) < 4.78 is 18.9. The molecule has 4 aromatic rings. The van der Waals surface area contributed by atoms with Crippen LogP contribution in [-0.4, -0.2) is 63.0 Å². The van der Waals surface area contributed by atoms with E-state index in [-0.39, 0.29) is 23.2 Å². The number of rotatable bonds is 5. The van der Waals surface area contributed by atoms with Crippen molar-refractivity contribution >= 4 is 35.0 Å². The highest BCUT2D eigenvalue weighted by atomic mass is 16.6. The van der Waals surface area contributed by atoms with Gasteiger partial charge in [0.2, 0.25) is 0 Å². The van der Waals surface area contributed by atoms with E-state index in [1.54, 1.807) is 44.4 Å². The minimum atomic E-state index is -0.564. The second kappa shape index (κ2) is 46.9. The van der Waals surface area contributed by atoms with Crippen molar-refractivity contribution in [1.82, 2.24) is 0 Å². The van der Waals surface area contributed by atoms with Gasteiger partial charge in [0.25, 0.3) is 5.69 Å². The third-order valence-corrected chi connectivity index (χ3v) is 6.62. The highest BCUT2D eigenvalue weighted by Gasteiger charge is 2.18. The Balaban J connectivity index is -0.000000151. The first kappa shape index (κ1) is 67.0. The third kappa shape index (κ3) is 30.0. The van der Waals surface area contributed by atoms with Gasteiger partial charge in [-0.05, 0) is 60.4 Å². The van der Waals surface area contributed by atoms with Crippen LogP contribution >= 0.6 is 0 Å². The second-order valence-corrected chi connectivity index (χ2v) is 10.0. The van der Waals surface area contributed by atoms with Gasteiger partial charge in [-0.1, -0.05) is 132 Å². The molecule has 1 aliphatic heterocycles. The number of nitrogen functional groups attached to an aromatic ring is 2. The molecule has 0 aromatic heterocycles. The van der Waals surface area contributed by atoms with E-state index in [9.17, 15) is 24.5 Å². The van der Waals surface area contributed by atoms with Crippen molar-refractivity contribution in [2.45, 2.75) is 110 Å². The maximum absolute atomic E-state index is 11.2. The molecule has 0 amide bonds. The van der Waals surface area contributed by atoms with E-state index in [4.69, 9.17) is 26.0 Å². The van der Waals surface area contributed by atoms with Crippen molar-refractivity contribution in [2.24, 2.45) is 0 Å². The lowest BCUT2D eigenvalue weighted by Gasteiger charge is -2.15. The Morgan fingerprint density at radius 2 is 1.10 bits per heavy atom. The molecule has 5 N–H and O–H groups in total. The number of methoxy groups -OCH3 is 3. The Kier molecular flexibility index (Phi) is 51.5. The summed E-state index contributed by atoms with van der Waals surface area (Å²) in [5.74, 6) is -1.17. The van der Waals surface area contributed by atoms with Crippen molar-refractivity contribution < 1.29 is 43.4 Å². The zero-order chi connectivity index (χ0) is 48.9. The molecule has 13 heteroatoms. The van der Waals surface area contributed by atoms with Crippen molar-refractivity contribution in [3.63, 3.8) is 0 Å². The quantitative estimate of drug-likeness (QED) is 0.0564. The van der Waals surface area contributed by atoms with Crippen molar-refractivity contribution in [1.29, 1.82) is 0 Å². The van der Waals surface area contributed by atoms with E-state index >= 15 is 0 Å². The largest absolute Gasteiger partial charge is 0.465 e. The third-order valence-electron chi connectivity index (χ3n) is 6.62. The summed E-state index contributed by atoms with van der Waals surface area (Å²) in [6.45, 7) is 28.7. The lowest BCUT2D eigenvalue weighted by atomic mass is 10.0. The number of fused-ring (bicyclic) bond motifs is 1. The fourth-order valence-corrected chi connectivity index (χ4v) is 4.10. The van der Waals surface area contributed by atoms with Gasteiger partial charge in [-0.15, -0.1) is 0 Å². The first-order valence-corrected chi connectivity index (χ1v) is 20.7. The molecule has 5 rings (SSSR count). The number of non-ortho nitro benzene ring substituents is 1. The SMILES string of the molecule is CC.CC.CC.CC.CC.CC.CO.COC(=O)c1cc(N)ccc1C.COC(=O)c1cc([N+](=O)[O-])ccc1C.COCc1ccccc1.Nc1ccc2c(c1)C(=O)OCC2. The summed E-state index contributed by atoms with van der Waals surface area (Å²) in [7, 11) is 5.29. The predicted molar refractivity (Wildman–Crippen MR) is 254 cm³/mol. The van der Waals surface area contributed by atoms with Gasteiger partial charge in [0.15, 0.2) is 0 Å². The van der Waals surface area contributed by atoms with Crippen molar-refractivity contribution in [2.75, 3.05) is 46.5 Å². The van der Waals surface area contributed by atoms with Gasteiger partial charge in [0, 0.05) is 44.1 Å². The Labute approximate surface area is 367 Å². The minimum Gasteiger partial charge on any atom is -0.465 e. The van der Waals surface area contributed by atoms with Gasteiger partial charge in [-0.3, -0.25) is 10.1 Å². The number of ether oxygens (including phenoxy) is 4. The average Bonchev–Trinajstić information content (AvgIpc) is 3.33. The molecule has 1 heterocycles. The number of aliphatic hydroxyl groups excluding tert-OH is 1. The van der Waals surface area contributed by atoms with Crippen LogP contribution in [0.3, 0.4) is 0 Å². The van der Waals surface area contributed by atoms with E-state index in [1.807, 2.05) is 126 Å². The number of carbonyl (C=O) groups is 3. The Morgan fingerprint density at radius 1 is 0.672 bits per heavy atom. The Bertz CT molecular complexity index is 1680. The summed E-state index contributed by atoms with van der Waals surface area (Å²) in [5, 5.41) is 17.4. The number of benzene rings is 4. The fourth-order valence-electron chi connectivity index (χ4n) is 4.10.